The van der Waals surface area contributed by atoms with Gasteiger partial charge in [0.2, 0.25) is 0 Å². The highest BCUT2D eigenvalue weighted by molar-refractivity contribution is 7.80. The number of thiol groups is 1. The summed E-state index contributed by atoms with van der Waals surface area (Å²) in [6.07, 6.45) is 3.16. The van der Waals surface area contributed by atoms with Gasteiger partial charge in [-0.1, -0.05) is 6.07 Å². The number of ether oxygens (including phenoxy) is 1. The Morgan fingerprint density at radius 3 is 2.50 bits per heavy atom. The fourth-order valence-electron chi connectivity index (χ4n) is 3.33. The maximum absolute atomic E-state index is 13.0. The van der Waals surface area contributed by atoms with Gasteiger partial charge in [-0.25, -0.2) is 0 Å². The van der Waals surface area contributed by atoms with Crippen LogP contribution >= 0.6 is 12.6 Å². The lowest BCUT2D eigenvalue weighted by Crippen LogP contribution is -2.27. The standard InChI is InChI=1S/C24H26N4O3S/c1-15-11-16(2)13-18(12-15)28-23(29)19-5-4-7-26-21(19)22(32)17-6-8-25-20(14-17)24(30)27-9-10-31-3/h4-8,11-14,22,32H,9-10H2,1-3H3,(H,27,30)(H,28,29). The molecule has 0 bridgehead atoms. The maximum Gasteiger partial charge on any atom is 0.269 e. The molecule has 0 aliphatic heterocycles. The van der Waals surface area contributed by atoms with E-state index >= 15 is 0 Å². The zero-order valence-electron chi connectivity index (χ0n) is 18.3. The maximum atomic E-state index is 13.0. The summed E-state index contributed by atoms with van der Waals surface area (Å²) >= 11 is 4.71. The van der Waals surface area contributed by atoms with Crippen molar-refractivity contribution in [2.24, 2.45) is 0 Å². The van der Waals surface area contributed by atoms with E-state index in [0.717, 1.165) is 16.8 Å². The van der Waals surface area contributed by atoms with Gasteiger partial charge in [-0.15, -0.1) is 0 Å². The van der Waals surface area contributed by atoms with E-state index in [9.17, 15) is 9.59 Å². The third-order valence-electron chi connectivity index (χ3n) is 4.75. The van der Waals surface area contributed by atoms with Crippen molar-refractivity contribution >= 4 is 30.1 Å². The SMILES string of the molecule is COCCNC(=O)c1cc(C(S)c2ncccc2C(=O)Nc2cc(C)cc(C)c2)ccn1. The second-order valence-electron chi connectivity index (χ2n) is 7.39. The van der Waals surface area contributed by atoms with Crippen molar-refractivity contribution in [3.8, 4) is 0 Å². The molecule has 0 spiro atoms. The summed E-state index contributed by atoms with van der Waals surface area (Å²) in [5, 5.41) is 5.16. The molecule has 2 N–H and O–H groups in total. The van der Waals surface area contributed by atoms with Crippen molar-refractivity contribution in [3.05, 3.63) is 88.5 Å². The summed E-state index contributed by atoms with van der Waals surface area (Å²) in [6.45, 7) is 4.75. The number of carbonyl (C=O) groups is 2. The summed E-state index contributed by atoms with van der Waals surface area (Å²) in [5.74, 6) is -0.582. The Morgan fingerprint density at radius 2 is 1.78 bits per heavy atom. The highest BCUT2D eigenvalue weighted by Gasteiger charge is 2.21. The Labute approximate surface area is 193 Å². The fourth-order valence-corrected chi connectivity index (χ4v) is 3.70. The number of nitrogens with zero attached hydrogens (tertiary/aromatic N) is 2. The predicted octanol–water partition coefficient (Wildman–Crippen LogP) is 3.74. The molecular weight excluding hydrogens is 424 g/mol. The van der Waals surface area contributed by atoms with Crippen molar-refractivity contribution in [2.75, 3.05) is 25.6 Å². The van der Waals surface area contributed by atoms with Gasteiger partial charge in [-0.2, -0.15) is 12.6 Å². The molecule has 3 aromatic rings. The number of amides is 2. The van der Waals surface area contributed by atoms with E-state index in [-0.39, 0.29) is 17.5 Å². The molecule has 1 unspecified atom stereocenters. The molecule has 0 aliphatic carbocycles. The highest BCUT2D eigenvalue weighted by atomic mass is 32.1. The minimum absolute atomic E-state index is 0.259. The van der Waals surface area contributed by atoms with Gasteiger partial charge in [0.25, 0.3) is 11.8 Å². The Bertz CT molecular complexity index is 1100. The predicted molar refractivity (Wildman–Crippen MR) is 127 cm³/mol. The van der Waals surface area contributed by atoms with E-state index in [2.05, 4.69) is 20.6 Å². The molecule has 0 fully saturated rings. The molecule has 7 nitrogen and oxygen atoms in total. The molecule has 2 aromatic heterocycles. The van der Waals surface area contributed by atoms with Crippen molar-refractivity contribution < 1.29 is 14.3 Å². The van der Waals surface area contributed by atoms with Crippen molar-refractivity contribution in [2.45, 2.75) is 19.1 Å². The normalized spacial score (nSPS) is 11.6. The Morgan fingerprint density at radius 1 is 1.03 bits per heavy atom. The number of anilines is 1. The topological polar surface area (TPSA) is 93.2 Å². The lowest BCUT2D eigenvalue weighted by Gasteiger charge is -2.16. The number of aromatic nitrogens is 2. The third kappa shape index (κ3) is 5.93. The number of aryl methyl sites for hydroxylation is 2. The van der Waals surface area contributed by atoms with Gasteiger partial charge in [0.1, 0.15) is 5.69 Å². The van der Waals surface area contributed by atoms with E-state index in [1.54, 1.807) is 43.8 Å². The van der Waals surface area contributed by atoms with Gasteiger partial charge in [-0.3, -0.25) is 19.6 Å². The van der Waals surface area contributed by atoms with Crippen molar-refractivity contribution in [1.29, 1.82) is 0 Å². The van der Waals surface area contributed by atoms with Crippen LogP contribution in [-0.2, 0) is 4.74 Å². The number of hydrogen-bond donors (Lipinski definition) is 3. The molecule has 3 rings (SSSR count). The van der Waals surface area contributed by atoms with E-state index in [1.807, 2.05) is 32.0 Å². The number of carbonyl (C=O) groups excluding carboxylic acids is 2. The van der Waals surface area contributed by atoms with E-state index in [0.29, 0.717) is 30.0 Å². The fraction of sp³-hybridized carbons (Fsp3) is 0.250. The molecular formula is C24H26N4O3S. The van der Waals surface area contributed by atoms with Crippen LogP contribution in [0.1, 0.15) is 48.5 Å². The van der Waals surface area contributed by atoms with Gasteiger partial charge in [0.15, 0.2) is 0 Å². The van der Waals surface area contributed by atoms with Crippen LogP contribution in [-0.4, -0.2) is 42.0 Å². The molecule has 2 heterocycles. The first-order valence-electron chi connectivity index (χ1n) is 10.1. The van der Waals surface area contributed by atoms with Crippen LogP contribution in [0.2, 0.25) is 0 Å². The quantitative estimate of drug-likeness (QED) is 0.359. The molecule has 0 radical (unpaired) electrons. The molecule has 0 saturated heterocycles. The zero-order valence-corrected chi connectivity index (χ0v) is 19.1. The molecule has 0 saturated carbocycles. The number of methoxy groups -OCH3 is 1. The highest BCUT2D eigenvalue weighted by Crippen LogP contribution is 2.30. The minimum Gasteiger partial charge on any atom is -0.383 e. The first kappa shape index (κ1) is 23.4. The summed E-state index contributed by atoms with van der Waals surface area (Å²) in [7, 11) is 1.57. The number of rotatable bonds is 8. The van der Waals surface area contributed by atoms with Crippen LogP contribution in [0.5, 0.6) is 0 Å². The summed E-state index contributed by atoms with van der Waals surface area (Å²) < 4.78 is 4.95. The average molecular weight is 451 g/mol. The lowest BCUT2D eigenvalue weighted by atomic mass is 10.0. The van der Waals surface area contributed by atoms with E-state index in [4.69, 9.17) is 17.4 Å². The third-order valence-corrected chi connectivity index (χ3v) is 5.29. The molecule has 166 valence electrons. The Kier molecular flexibility index (Phi) is 7.97. The number of benzene rings is 1. The lowest BCUT2D eigenvalue weighted by molar-refractivity contribution is 0.0931. The largest absolute Gasteiger partial charge is 0.383 e. The van der Waals surface area contributed by atoms with E-state index < -0.39 is 5.25 Å². The van der Waals surface area contributed by atoms with Crippen LogP contribution in [0.15, 0.2) is 54.9 Å². The van der Waals surface area contributed by atoms with Crippen molar-refractivity contribution in [1.82, 2.24) is 15.3 Å². The molecule has 32 heavy (non-hydrogen) atoms. The Balaban J connectivity index is 1.84. The first-order chi connectivity index (χ1) is 15.4. The number of hydrogen-bond acceptors (Lipinski definition) is 6. The minimum atomic E-state index is -0.523. The van der Waals surface area contributed by atoms with Crippen LogP contribution < -0.4 is 10.6 Å². The van der Waals surface area contributed by atoms with Crippen LogP contribution in [0.3, 0.4) is 0 Å². The number of pyridine rings is 2. The summed E-state index contributed by atoms with van der Waals surface area (Å²) in [4.78, 5) is 33.9. The van der Waals surface area contributed by atoms with Crippen LogP contribution in [0.25, 0.3) is 0 Å². The van der Waals surface area contributed by atoms with Gasteiger partial charge >= 0.3 is 0 Å². The van der Waals surface area contributed by atoms with Crippen molar-refractivity contribution in [3.63, 3.8) is 0 Å². The molecule has 8 heteroatoms. The zero-order chi connectivity index (χ0) is 23.1. The van der Waals surface area contributed by atoms with Crippen LogP contribution in [0.4, 0.5) is 5.69 Å². The Hall–Kier alpha value is -3.23. The van der Waals surface area contributed by atoms with E-state index in [1.165, 1.54) is 0 Å². The average Bonchev–Trinajstić information content (AvgIpc) is 2.78. The molecule has 1 atom stereocenters. The van der Waals surface area contributed by atoms with Gasteiger partial charge < -0.3 is 15.4 Å². The second-order valence-corrected chi connectivity index (χ2v) is 7.91. The second kappa shape index (κ2) is 10.9. The van der Waals surface area contributed by atoms with Gasteiger partial charge in [-0.05, 0) is 66.9 Å². The summed E-state index contributed by atoms with van der Waals surface area (Å²) in [5.41, 5.74) is 4.72. The first-order valence-corrected chi connectivity index (χ1v) is 10.7. The van der Waals surface area contributed by atoms with Gasteiger partial charge in [0, 0.05) is 31.7 Å². The van der Waals surface area contributed by atoms with Gasteiger partial charge in [0.05, 0.1) is 23.1 Å². The molecule has 2 amide bonds. The van der Waals surface area contributed by atoms with Crippen LogP contribution in [0, 0.1) is 13.8 Å². The monoisotopic (exact) mass is 450 g/mol. The smallest absolute Gasteiger partial charge is 0.269 e. The molecule has 0 aliphatic rings. The summed E-state index contributed by atoms with van der Waals surface area (Å²) in [6, 6.07) is 12.7. The molecule has 1 aromatic carbocycles. The number of nitrogens with one attached hydrogen (secondary N) is 2.